The van der Waals surface area contributed by atoms with Crippen LogP contribution in [0.1, 0.15) is 42.9 Å². The molecule has 0 N–H and O–H groups in total. The number of benzene rings is 1. The maximum Gasteiger partial charge on any atom is 0.336 e. The molecule has 2 aromatic heterocycles. The van der Waals surface area contributed by atoms with E-state index in [1.165, 1.54) is 25.7 Å². The lowest BCUT2D eigenvalue weighted by Gasteiger charge is -2.18. The topological polar surface area (TPSA) is 64.2 Å². The van der Waals surface area contributed by atoms with E-state index < -0.39 is 0 Å². The molecule has 1 aliphatic carbocycles. The van der Waals surface area contributed by atoms with Crippen molar-refractivity contribution in [3.63, 3.8) is 0 Å². The molecular formula is C20H22N4O2S. The van der Waals surface area contributed by atoms with Crippen molar-refractivity contribution in [3.05, 3.63) is 45.8 Å². The number of hydrogen-bond donors (Lipinski definition) is 0. The van der Waals surface area contributed by atoms with E-state index in [0.29, 0.717) is 17.4 Å². The van der Waals surface area contributed by atoms with Gasteiger partial charge in [-0.2, -0.15) is 0 Å². The van der Waals surface area contributed by atoms with Gasteiger partial charge in [-0.15, -0.1) is 10.2 Å². The highest BCUT2D eigenvalue weighted by molar-refractivity contribution is 7.98. The predicted molar refractivity (Wildman–Crippen MR) is 107 cm³/mol. The third-order valence-corrected chi connectivity index (χ3v) is 6.28. The minimum Gasteiger partial charge on any atom is -0.423 e. The second kappa shape index (κ2) is 6.71. The van der Waals surface area contributed by atoms with Crippen molar-refractivity contribution >= 4 is 28.7 Å². The van der Waals surface area contributed by atoms with Gasteiger partial charge in [0.25, 0.3) is 0 Å². The number of hydrogen-bond acceptors (Lipinski definition) is 6. The molecule has 27 heavy (non-hydrogen) atoms. The second-order valence-electron chi connectivity index (χ2n) is 7.46. The van der Waals surface area contributed by atoms with Crippen molar-refractivity contribution < 1.29 is 4.42 Å². The SMILES string of the molecule is Cc1ccc2c(CSc3nnc(N4CCCC4)n3C3CC3)cc(=O)oc2c1. The molecule has 0 atom stereocenters. The van der Waals surface area contributed by atoms with Crippen LogP contribution in [0, 0.1) is 6.92 Å². The molecule has 0 unspecified atom stereocenters. The van der Waals surface area contributed by atoms with Gasteiger partial charge in [-0.25, -0.2) is 4.79 Å². The molecule has 5 rings (SSSR count). The summed E-state index contributed by atoms with van der Waals surface area (Å²) in [6, 6.07) is 8.13. The minimum atomic E-state index is -0.301. The lowest BCUT2D eigenvalue weighted by atomic mass is 10.1. The maximum atomic E-state index is 12.0. The van der Waals surface area contributed by atoms with E-state index in [1.54, 1.807) is 17.8 Å². The fraction of sp³-hybridized carbons (Fsp3) is 0.450. The van der Waals surface area contributed by atoms with E-state index in [-0.39, 0.29) is 5.63 Å². The molecule has 0 spiro atoms. The van der Waals surface area contributed by atoms with E-state index in [0.717, 1.165) is 40.7 Å². The van der Waals surface area contributed by atoms with Crippen molar-refractivity contribution in [2.45, 2.75) is 49.6 Å². The normalized spacial score (nSPS) is 17.1. The average molecular weight is 382 g/mol. The van der Waals surface area contributed by atoms with Crippen LogP contribution in [0.2, 0.25) is 0 Å². The Bertz CT molecular complexity index is 1050. The molecule has 7 heteroatoms. The molecule has 2 aliphatic rings. The van der Waals surface area contributed by atoms with Crippen LogP contribution < -0.4 is 10.5 Å². The summed E-state index contributed by atoms with van der Waals surface area (Å²) in [4.78, 5) is 14.3. The van der Waals surface area contributed by atoms with Crippen LogP contribution in [-0.2, 0) is 5.75 Å². The zero-order valence-corrected chi connectivity index (χ0v) is 16.2. The quantitative estimate of drug-likeness (QED) is 0.492. The van der Waals surface area contributed by atoms with Crippen LogP contribution in [-0.4, -0.2) is 27.9 Å². The molecule has 1 saturated heterocycles. The third kappa shape index (κ3) is 3.25. The number of anilines is 1. The summed E-state index contributed by atoms with van der Waals surface area (Å²) in [6.45, 7) is 4.14. The molecule has 1 aliphatic heterocycles. The van der Waals surface area contributed by atoms with Crippen LogP contribution in [0.25, 0.3) is 11.0 Å². The first-order chi connectivity index (χ1) is 13.2. The standard InChI is InChI=1S/C20H22N4O2S/c1-13-4-7-16-14(11-18(25)26-17(16)10-13)12-27-20-22-21-19(23-8-2-3-9-23)24(20)15-5-6-15/h4,7,10-11,15H,2-3,5-6,8-9,12H2,1H3. The minimum absolute atomic E-state index is 0.301. The summed E-state index contributed by atoms with van der Waals surface area (Å²) in [5.41, 5.74) is 2.42. The summed E-state index contributed by atoms with van der Waals surface area (Å²) in [7, 11) is 0. The van der Waals surface area contributed by atoms with Crippen molar-refractivity contribution in [2.24, 2.45) is 0 Å². The molecule has 0 bridgehead atoms. The molecule has 1 aromatic carbocycles. The fourth-order valence-corrected chi connectivity index (χ4v) is 4.74. The van der Waals surface area contributed by atoms with Crippen LogP contribution in [0.4, 0.5) is 5.95 Å². The van der Waals surface area contributed by atoms with Gasteiger partial charge >= 0.3 is 5.63 Å². The van der Waals surface area contributed by atoms with Gasteiger partial charge in [0.05, 0.1) is 0 Å². The maximum absolute atomic E-state index is 12.0. The first-order valence-electron chi connectivity index (χ1n) is 9.55. The van der Waals surface area contributed by atoms with Crippen molar-refractivity contribution in [2.75, 3.05) is 18.0 Å². The second-order valence-corrected chi connectivity index (χ2v) is 8.40. The van der Waals surface area contributed by atoms with E-state index in [9.17, 15) is 4.79 Å². The molecule has 0 radical (unpaired) electrons. The summed E-state index contributed by atoms with van der Waals surface area (Å²) in [5, 5.41) is 10.9. The fourth-order valence-electron chi connectivity index (χ4n) is 3.75. The van der Waals surface area contributed by atoms with Crippen LogP contribution in [0.5, 0.6) is 0 Å². The number of rotatable bonds is 5. The Kier molecular flexibility index (Phi) is 4.19. The third-order valence-electron chi connectivity index (χ3n) is 5.29. The van der Waals surface area contributed by atoms with E-state index in [4.69, 9.17) is 4.42 Å². The Morgan fingerprint density at radius 1 is 1.19 bits per heavy atom. The van der Waals surface area contributed by atoms with Gasteiger partial charge in [0.15, 0.2) is 5.16 Å². The van der Waals surface area contributed by atoms with Crippen LogP contribution >= 0.6 is 11.8 Å². The Morgan fingerprint density at radius 3 is 2.78 bits per heavy atom. The molecule has 3 aromatic rings. The van der Waals surface area contributed by atoms with E-state index >= 15 is 0 Å². The number of fused-ring (bicyclic) bond motifs is 1. The van der Waals surface area contributed by atoms with Gasteiger partial charge in [0.2, 0.25) is 5.95 Å². The Labute approximate surface area is 161 Å². The highest BCUT2D eigenvalue weighted by Gasteiger charge is 2.32. The number of aromatic nitrogens is 3. The van der Waals surface area contributed by atoms with E-state index in [1.807, 2.05) is 19.1 Å². The lowest BCUT2D eigenvalue weighted by molar-refractivity contribution is 0.559. The van der Waals surface area contributed by atoms with Gasteiger partial charge in [-0.3, -0.25) is 4.57 Å². The van der Waals surface area contributed by atoms with Gasteiger partial charge < -0.3 is 9.32 Å². The monoisotopic (exact) mass is 382 g/mol. The first-order valence-corrected chi connectivity index (χ1v) is 10.5. The average Bonchev–Trinajstić information content (AvgIpc) is 3.17. The highest BCUT2D eigenvalue weighted by atomic mass is 32.2. The molecule has 0 amide bonds. The summed E-state index contributed by atoms with van der Waals surface area (Å²) in [5.74, 6) is 1.70. The highest BCUT2D eigenvalue weighted by Crippen LogP contribution is 2.42. The summed E-state index contributed by atoms with van der Waals surface area (Å²) < 4.78 is 7.69. The van der Waals surface area contributed by atoms with E-state index in [2.05, 4.69) is 25.7 Å². The van der Waals surface area contributed by atoms with Crippen molar-refractivity contribution in [1.82, 2.24) is 14.8 Å². The van der Waals surface area contributed by atoms with Crippen molar-refractivity contribution in [3.8, 4) is 0 Å². The molecule has 140 valence electrons. The summed E-state index contributed by atoms with van der Waals surface area (Å²) >= 11 is 1.66. The molecule has 3 heterocycles. The summed E-state index contributed by atoms with van der Waals surface area (Å²) in [6.07, 6.45) is 4.85. The predicted octanol–water partition coefficient (Wildman–Crippen LogP) is 3.92. The Balaban J connectivity index is 1.45. The van der Waals surface area contributed by atoms with Gasteiger partial charge in [0.1, 0.15) is 5.58 Å². The lowest BCUT2D eigenvalue weighted by Crippen LogP contribution is -2.22. The number of nitrogens with zero attached hydrogens (tertiary/aromatic N) is 4. The zero-order valence-electron chi connectivity index (χ0n) is 15.4. The van der Waals surface area contributed by atoms with Gasteiger partial charge in [0, 0.05) is 36.3 Å². The number of aryl methyl sites for hydroxylation is 1. The molecule has 6 nitrogen and oxygen atoms in total. The molecular weight excluding hydrogens is 360 g/mol. The molecule has 1 saturated carbocycles. The largest absolute Gasteiger partial charge is 0.423 e. The van der Waals surface area contributed by atoms with Crippen LogP contribution in [0.15, 0.2) is 38.6 Å². The van der Waals surface area contributed by atoms with Crippen molar-refractivity contribution in [1.29, 1.82) is 0 Å². The van der Waals surface area contributed by atoms with Gasteiger partial charge in [-0.1, -0.05) is 23.9 Å². The zero-order chi connectivity index (χ0) is 18.4. The van der Waals surface area contributed by atoms with Gasteiger partial charge in [-0.05, 0) is 49.8 Å². The number of thioether (sulfide) groups is 1. The smallest absolute Gasteiger partial charge is 0.336 e. The Hall–Kier alpha value is -2.28. The first kappa shape index (κ1) is 16.9. The molecule has 2 fully saturated rings. The van der Waals surface area contributed by atoms with Crippen LogP contribution in [0.3, 0.4) is 0 Å². The Morgan fingerprint density at radius 2 is 2.00 bits per heavy atom.